The Morgan fingerprint density at radius 2 is 1.64 bits per heavy atom. The first-order valence-corrected chi connectivity index (χ1v) is 3.10. The van der Waals surface area contributed by atoms with Gasteiger partial charge in [-0.2, -0.15) is 31.7 Å². The summed E-state index contributed by atoms with van der Waals surface area (Å²) in [6.07, 6.45) is -4.49. The second-order valence-corrected chi connectivity index (χ2v) is 2.30. The number of rotatable bonds is 0. The molecular formula is C8H5BrF4Mg. The van der Waals surface area contributed by atoms with Crippen molar-refractivity contribution in [3.05, 3.63) is 42.1 Å². The third-order valence-corrected chi connectivity index (χ3v) is 1.38. The second kappa shape index (κ2) is 5.82. The summed E-state index contributed by atoms with van der Waals surface area (Å²) in [6.45, 7) is 3.20. The van der Waals surface area contributed by atoms with Crippen LogP contribution in [-0.4, -0.2) is 23.1 Å². The number of benzene rings is 1. The van der Waals surface area contributed by atoms with Crippen molar-refractivity contribution in [3.63, 3.8) is 0 Å². The zero-order valence-corrected chi connectivity index (χ0v) is 10.0. The van der Waals surface area contributed by atoms with Crippen LogP contribution in [-0.2, 0) is 6.18 Å². The summed E-state index contributed by atoms with van der Waals surface area (Å²) in [7, 11) is 0. The number of alkyl halides is 3. The Kier molecular flexibility index (Phi) is 6.85. The molecule has 0 aliphatic carbocycles. The van der Waals surface area contributed by atoms with Crippen LogP contribution < -0.4 is 17.0 Å². The topological polar surface area (TPSA) is 0 Å². The number of halogens is 5. The van der Waals surface area contributed by atoms with Gasteiger partial charge >= 0.3 is 29.2 Å². The van der Waals surface area contributed by atoms with Crippen LogP contribution in [0.1, 0.15) is 11.1 Å². The molecule has 14 heavy (non-hydrogen) atoms. The van der Waals surface area contributed by atoms with Gasteiger partial charge in [0, 0.05) is 11.4 Å². The maximum atomic E-state index is 12.5. The van der Waals surface area contributed by atoms with E-state index in [1.54, 1.807) is 0 Å². The fraction of sp³-hybridized carbons (Fsp3) is 0.125. The Labute approximate surface area is 106 Å². The third-order valence-electron chi connectivity index (χ3n) is 1.38. The fourth-order valence-electron chi connectivity index (χ4n) is 0.724. The van der Waals surface area contributed by atoms with Gasteiger partial charge in [0.05, 0.1) is 0 Å². The first-order valence-electron chi connectivity index (χ1n) is 3.10. The Morgan fingerprint density at radius 1 is 1.14 bits per heavy atom. The molecule has 1 aromatic carbocycles. The quantitative estimate of drug-likeness (QED) is 0.346. The van der Waals surface area contributed by atoms with Gasteiger partial charge in [-0.25, -0.2) is 0 Å². The average molecular weight is 281 g/mol. The van der Waals surface area contributed by atoms with Crippen molar-refractivity contribution in [1.29, 1.82) is 0 Å². The molecule has 0 saturated heterocycles. The van der Waals surface area contributed by atoms with Crippen molar-refractivity contribution in [3.8, 4) is 0 Å². The molecule has 74 valence electrons. The molecule has 0 atom stereocenters. The van der Waals surface area contributed by atoms with E-state index in [1.165, 1.54) is 0 Å². The van der Waals surface area contributed by atoms with E-state index in [-0.39, 0.29) is 45.6 Å². The van der Waals surface area contributed by atoms with Crippen LogP contribution in [0.25, 0.3) is 0 Å². The van der Waals surface area contributed by atoms with E-state index in [1.807, 2.05) is 0 Å². The van der Waals surface area contributed by atoms with E-state index in [2.05, 4.69) is 6.92 Å². The number of hydrogen-bond donors (Lipinski definition) is 0. The molecule has 0 nitrogen and oxygen atoms in total. The number of hydrogen-bond acceptors (Lipinski definition) is 0. The summed E-state index contributed by atoms with van der Waals surface area (Å²) in [5.74, 6) is -0.940. The smallest absolute Gasteiger partial charge is 1.00 e. The van der Waals surface area contributed by atoms with E-state index in [9.17, 15) is 17.6 Å². The van der Waals surface area contributed by atoms with Crippen molar-refractivity contribution >= 4 is 23.1 Å². The van der Waals surface area contributed by atoms with Crippen molar-refractivity contribution in [1.82, 2.24) is 0 Å². The molecule has 1 rings (SSSR count). The maximum Gasteiger partial charge on any atom is 2.00 e. The van der Waals surface area contributed by atoms with Crippen molar-refractivity contribution in [2.75, 3.05) is 0 Å². The minimum Gasteiger partial charge on any atom is -1.00 e. The monoisotopic (exact) mass is 280 g/mol. The molecule has 1 aromatic rings. The molecule has 0 aliphatic rings. The molecule has 0 saturated carbocycles. The van der Waals surface area contributed by atoms with Crippen LogP contribution >= 0.6 is 0 Å². The summed E-state index contributed by atoms with van der Waals surface area (Å²) in [5.41, 5.74) is -1.03. The Hall–Kier alpha value is 0.0562. The van der Waals surface area contributed by atoms with Crippen LogP contribution in [0.4, 0.5) is 17.6 Å². The van der Waals surface area contributed by atoms with Crippen LogP contribution in [0.3, 0.4) is 0 Å². The molecule has 0 heterocycles. The molecule has 0 unspecified atom stereocenters. The van der Waals surface area contributed by atoms with Crippen LogP contribution in [0.15, 0.2) is 18.2 Å². The van der Waals surface area contributed by atoms with E-state index >= 15 is 0 Å². The molecule has 0 spiro atoms. The van der Waals surface area contributed by atoms with Crippen molar-refractivity contribution in [2.45, 2.75) is 6.18 Å². The summed E-state index contributed by atoms with van der Waals surface area (Å²) in [6, 6.07) is 2.23. The zero-order chi connectivity index (χ0) is 9.35. The largest absolute Gasteiger partial charge is 2.00 e. The van der Waals surface area contributed by atoms with E-state index in [0.29, 0.717) is 6.07 Å². The van der Waals surface area contributed by atoms with Gasteiger partial charge in [-0.05, 0) is 0 Å². The average Bonchev–Trinajstić information content (AvgIpc) is 1.92. The normalized spacial score (nSPS) is 10.0. The summed E-state index contributed by atoms with van der Waals surface area (Å²) >= 11 is 0. The minimum atomic E-state index is -4.49. The molecule has 0 fully saturated rings. The maximum absolute atomic E-state index is 12.5. The third kappa shape index (κ3) is 4.06. The second-order valence-electron chi connectivity index (χ2n) is 2.30. The van der Waals surface area contributed by atoms with E-state index in [4.69, 9.17) is 0 Å². The molecule has 0 aliphatic heterocycles. The summed E-state index contributed by atoms with van der Waals surface area (Å²) < 4.78 is 48.3. The van der Waals surface area contributed by atoms with Gasteiger partial charge in [-0.15, -0.1) is 6.07 Å². The van der Waals surface area contributed by atoms with Gasteiger partial charge in [0.25, 0.3) is 0 Å². The molecule has 0 N–H and O–H groups in total. The first kappa shape index (κ1) is 16.5. The van der Waals surface area contributed by atoms with Gasteiger partial charge in [0.15, 0.2) is 0 Å². The standard InChI is InChI=1S/C8H5F4.BrH.Mg/c1-5-2-3-6(4-7(5)9)8(10,11)12;;/h2-4H,1H2;1H;/q-1;;+2/p-1. The van der Waals surface area contributed by atoms with Gasteiger partial charge < -0.3 is 17.0 Å². The summed E-state index contributed by atoms with van der Waals surface area (Å²) in [5, 5.41) is 0. The predicted molar refractivity (Wildman–Crippen MR) is 41.6 cm³/mol. The molecule has 0 amide bonds. The van der Waals surface area contributed by atoms with E-state index < -0.39 is 17.6 Å². The van der Waals surface area contributed by atoms with Crippen molar-refractivity contribution in [2.24, 2.45) is 0 Å². The SMILES string of the molecule is [Br-].[CH2-]c1ccc(C(F)(F)F)cc1F.[Mg+2]. The summed E-state index contributed by atoms with van der Waals surface area (Å²) in [4.78, 5) is 0. The fourth-order valence-corrected chi connectivity index (χ4v) is 0.724. The van der Waals surface area contributed by atoms with Gasteiger partial charge in [0.1, 0.15) is 0 Å². The van der Waals surface area contributed by atoms with Gasteiger partial charge in [0.2, 0.25) is 0 Å². The predicted octanol–water partition coefficient (Wildman–Crippen LogP) is -0.350. The Bertz CT molecular complexity index is 298. The van der Waals surface area contributed by atoms with Crippen LogP contribution in [0.5, 0.6) is 0 Å². The van der Waals surface area contributed by atoms with Crippen molar-refractivity contribution < 1.29 is 34.5 Å². The minimum absolute atomic E-state index is 0. The molecule has 0 aromatic heterocycles. The molecule has 6 heteroatoms. The first-order chi connectivity index (χ1) is 5.41. The van der Waals surface area contributed by atoms with Gasteiger partial charge in [-0.1, -0.05) is 6.07 Å². The van der Waals surface area contributed by atoms with Crippen LogP contribution in [0, 0.1) is 12.7 Å². The molecule has 0 bridgehead atoms. The molecular weight excluding hydrogens is 276 g/mol. The van der Waals surface area contributed by atoms with Crippen LogP contribution in [0.2, 0.25) is 0 Å². The zero-order valence-electron chi connectivity index (χ0n) is 7.04. The van der Waals surface area contributed by atoms with Gasteiger partial charge in [-0.3, -0.25) is 4.39 Å². The van der Waals surface area contributed by atoms with E-state index in [0.717, 1.165) is 12.1 Å². The Balaban J connectivity index is 0. The molecule has 0 radical (unpaired) electrons. The Morgan fingerprint density at radius 3 is 2.00 bits per heavy atom.